The van der Waals surface area contributed by atoms with Crippen LogP contribution < -0.4 is 0 Å². The molecular weight excluding hydrogens is 128 g/mol. The second kappa shape index (κ2) is 3.50. The summed E-state index contributed by atoms with van der Waals surface area (Å²) in [5.74, 6) is 0. The number of rotatable bonds is 3. The summed E-state index contributed by atoms with van der Waals surface area (Å²) in [6.07, 6.45) is 5.45. The zero-order valence-electron chi connectivity index (χ0n) is 6.10. The molecule has 0 bridgehead atoms. The molecule has 9 heavy (non-hydrogen) atoms. The third kappa shape index (κ3) is 2.21. The topological polar surface area (TPSA) is 0 Å². The second-order valence-corrected chi connectivity index (χ2v) is 4.53. The number of hydrogen-bond acceptors (Lipinski definition) is 1. The summed E-state index contributed by atoms with van der Waals surface area (Å²) in [7, 11) is 0. The molecule has 0 aromatic heterocycles. The fraction of sp³-hybridized carbons (Fsp3) is 0.875. The molecule has 1 heteroatoms. The first-order valence-electron chi connectivity index (χ1n) is 3.77. The van der Waals surface area contributed by atoms with E-state index in [0.29, 0.717) is 0 Å². The van der Waals surface area contributed by atoms with Crippen molar-refractivity contribution in [1.29, 1.82) is 0 Å². The monoisotopic (exact) mass is 143 g/mol. The standard InChI is InChI=1S/C8H15S/c1-3-7(2)9-8-5-4-6-8/h7-8H,1,3-6H2,2H3. The van der Waals surface area contributed by atoms with Crippen LogP contribution >= 0.6 is 11.8 Å². The molecular formula is C8H15S. The fourth-order valence-electron chi connectivity index (χ4n) is 0.903. The molecule has 1 aliphatic carbocycles. The Morgan fingerprint density at radius 3 is 2.67 bits per heavy atom. The molecule has 0 nitrogen and oxygen atoms in total. The molecule has 1 rings (SSSR count). The Morgan fingerprint density at radius 1 is 1.67 bits per heavy atom. The molecule has 0 aromatic rings. The third-order valence-electron chi connectivity index (χ3n) is 1.88. The molecule has 1 unspecified atom stereocenters. The molecule has 1 aliphatic rings. The van der Waals surface area contributed by atoms with Crippen LogP contribution in [0.5, 0.6) is 0 Å². The van der Waals surface area contributed by atoms with Crippen LogP contribution in [0.2, 0.25) is 0 Å². The number of hydrogen-bond donors (Lipinski definition) is 0. The molecule has 1 radical (unpaired) electrons. The zero-order valence-corrected chi connectivity index (χ0v) is 6.91. The normalized spacial score (nSPS) is 23.3. The van der Waals surface area contributed by atoms with Gasteiger partial charge in [0.2, 0.25) is 0 Å². The highest BCUT2D eigenvalue weighted by Gasteiger charge is 2.19. The van der Waals surface area contributed by atoms with Gasteiger partial charge in [0.1, 0.15) is 0 Å². The highest BCUT2D eigenvalue weighted by Crippen LogP contribution is 2.34. The van der Waals surface area contributed by atoms with E-state index in [-0.39, 0.29) is 0 Å². The van der Waals surface area contributed by atoms with E-state index >= 15 is 0 Å². The van der Waals surface area contributed by atoms with E-state index < -0.39 is 0 Å². The molecule has 0 heterocycles. The highest BCUT2D eigenvalue weighted by atomic mass is 32.2. The average molecular weight is 143 g/mol. The van der Waals surface area contributed by atoms with E-state index in [1.807, 2.05) is 0 Å². The summed E-state index contributed by atoms with van der Waals surface area (Å²) in [4.78, 5) is 0. The van der Waals surface area contributed by atoms with Gasteiger partial charge in [-0.1, -0.05) is 20.3 Å². The lowest BCUT2D eigenvalue weighted by Crippen LogP contribution is -2.16. The minimum Gasteiger partial charge on any atom is -0.155 e. The molecule has 0 aromatic carbocycles. The van der Waals surface area contributed by atoms with Crippen molar-refractivity contribution in [2.75, 3.05) is 0 Å². The van der Waals surface area contributed by atoms with Gasteiger partial charge in [-0.2, -0.15) is 11.8 Å². The zero-order chi connectivity index (χ0) is 6.69. The first kappa shape index (κ1) is 7.46. The molecule has 0 saturated heterocycles. The van der Waals surface area contributed by atoms with Gasteiger partial charge >= 0.3 is 0 Å². The summed E-state index contributed by atoms with van der Waals surface area (Å²) in [5, 5.41) is 1.78. The molecule has 1 atom stereocenters. The fourth-order valence-corrected chi connectivity index (χ4v) is 2.30. The lowest BCUT2D eigenvalue weighted by atomic mass is 10.00. The number of thioether (sulfide) groups is 1. The Morgan fingerprint density at radius 2 is 2.33 bits per heavy atom. The molecule has 0 amide bonds. The lowest BCUT2D eigenvalue weighted by molar-refractivity contribution is 0.520. The summed E-state index contributed by atoms with van der Waals surface area (Å²) < 4.78 is 0. The molecule has 1 fully saturated rings. The molecule has 0 aliphatic heterocycles. The minimum absolute atomic E-state index is 0.787. The van der Waals surface area contributed by atoms with E-state index in [9.17, 15) is 0 Å². The van der Waals surface area contributed by atoms with E-state index in [1.165, 1.54) is 19.3 Å². The van der Waals surface area contributed by atoms with Crippen LogP contribution in [0.1, 0.15) is 32.6 Å². The average Bonchev–Trinajstić information content (AvgIpc) is 1.78. The van der Waals surface area contributed by atoms with Gasteiger partial charge < -0.3 is 0 Å². The summed E-state index contributed by atoms with van der Waals surface area (Å²) in [6, 6.07) is 0. The maximum atomic E-state index is 3.88. The maximum Gasteiger partial charge on any atom is 0.00497 e. The second-order valence-electron chi connectivity index (χ2n) is 2.79. The van der Waals surface area contributed by atoms with Crippen molar-refractivity contribution in [3.63, 3.8) is 0 Å². The van der Waals surface area contributed by atoms with Gasteiger partial charge in [-0.05, 0) is 19.3 Å². The van der Waals surface area contributed by atoms with Gasteiger partial charge in [0.05, 0.1) is 0 Å². The molecule has 1 saturated carbocycles. The van der Waals surface area contributed by atoms with E-state index in [4.69, 9.17) is 0 Å². The van der Waals surface area contributed by atoms with Gasteiger partial charge in [0.15, 0.2) is 0 Å². The van der Waals surface area contributed by atoms with Crippen molar-refractivity contribution in [3.05, 3.63) is 6.92 Å². The maximum absolute atomic E-state index is 3.88. The lowest BCUT2D eigenvalue weighted by Gasteiger charge is -2.27. The van der Waals surface area contributed by atoms with Crippen molar-refractivity contribution >= 4 is 11.8 Å². The van der Waals surface area contributed by atoms with Gasteiger partial charge in [-0.25, -0.2) is 0 Å². The van der Waals surface area contributed by atoms with Crippen molar-refractivity contribution in [1.82, 2.24) is 0 Å². The smallest absolute Gasteiger partial charge is 0.00497 e. The van der Waals surface area contributed by atoms with Crippen molar-refractivity contribution in [3.8, 4) is 0 Å². The van der Waals surface area contributed by atoms with Crippen LogP contribution in [-0.2, 0) is 0 Å². The first-order chi connectivity index (χ1) is 4.33. The van der Waals surface area contributed by atoms with Crippen LogP contribution in [0, 0.1) is 6.92 Å². The van der Waals surface area contributed by atoms with Crippen LogP contribution in [0.25, 0.3) is 0 Å². The Hall–Kier alpha value is 0.350. The van der Waals surface area contributed by atoms with Gasteiger partial charge in [0, 0.05) is 10.5 Å². The van der Waals surface area contributed by atoms with Crippen LogP contribution in [0.3, 0.4) is 0 Å². The van der Waals surface area contributed by atoms with Gasteiger partial charge in [-0.3, -0.25) is 0 Å². The van der Waals surface area contributed by atoms with E-state index in [1.54, 1.807) is 0 Å². The largest absolute Gasteiger partial charge is 0.155 e. The predicted octanol–water partition coefficient (Wildman–Crippen LogP) is 2.88. The predicted molar refractivity (Wildman–Crippen MR) is 44.7 cm³/mol. The molecule has 0 spiro atoms. The van der Waals surface area contributed by atoms with Crippen molar-refractivity contribution in [2.45, 2.75) is 43.1 Å². The third-order valence-corrected chi connectivity index (χ3v) is 3.44. The Balaban J connectivity index is 2.01. The van der Waals surface area contributed by atoms with Crippen LogP contribution in [0.15, 0.2) is 0 Å². The minimum atomic E-state index is 0.787. The van der Waals surface area contributed by atoms with E-state index in [0.717, 1.165) is 16.9 Å². The van der Waals surface area contributed by atoms with Gasteiger partial charge in [0.25, 0.3) is 0 Å². The van der Waals surface area contributed by atoms with Crippen molar-refractivity contribution in [2.24, 2.45) is 0 Å². The SMILES string of the molecule is [CH2]CC(C)SC1CCC1. The quantitative estimate of drug-likeness (QED) is 0.585. The molecule has 0 N–H and O–H groups in total. The van der Waals surface area contributed by atoms with Crippen LogP contribution in [-0.4, -0.2) is 10.5 Å². The molecule has 53 valence electrons. The summed E-state index contributed by atoms with van der Waals surface area (Å²) in [5.41, 5.74) is 0. The highest BCUT2D eigenvalue weighted by molar-refractivity contribution is 8.00. The van der Waals surface area contributed by atoms with Crippen LogP contribution in [0.4, 0.5) is 0 Å². The summed E-state index contributed by atoms with van der Waals surface area (Å²) in [6.45, 7) is 6.15. The Kier molecular flexibility index (Phi) is 2.90. The van der Waals surface area contributed by atoms with Crippen molar-refractivity contribution < 1.29 is 0 Å². The Bertz CT molecular complexity index is 73.9. The Labute approximate surface area is 62.4 Å². The summed E-state index contributed by atoms with van der Waals surface area (Å²) >= 11 is 2.12. The first-order valence-corrected chi connectivity index (χ1v) is 4.72. The van der Waals surface area contributed by atoms with E-state index in [2.05, 4.69) is 25.6 Å². The van der Waals surface area contributed by atoms with Gasteiger partial charge in [-0.15, -0.1) is 0 Å².